The van der Waals surface area contributed by atoms with Gasteiger partial charge in [0, 0.05) is 29.4 Å². The molecule has 100 valence electrons. The molecule has 2 aromatic rings. The Morgan fingerprint density at radius 3 is 3.05 bits per heavy atom. The lowest BCUT2D eigenvalue weighted by molar-refractivity contribution is 0.412. The van der Waals surface area contributed by atoms with E-state index in [9.17, 15) is 0 Å². The third-order valence-corrected chi connectivity index (χ3v) is 4.83. The zero-order chi connectivity index (χ0) is 13.2. The lowest BCUT2D eigenvalue weighted by Crippen LogP contribution is -2.28. The molecule has 0 aromatic carbocycles. The second kappa shape index (κ2) is 5.39. The van der Waals surface area contributed by atoms with Crippen LogP contribution < -0.4 is 5.32 Å². The molecule has 1 aliphatic carbocycles. The zero-order valence-corrected chi connectivity index (χ0v) is 12.2. The molecule has 0 bridgehead atoms. The Bertz CT molecular complexity index is 564. The fraction of sp³-hybridized carbons (Fsp3) is 0.467. The fourth-order valence-electron chi connectivity index (χ4n) is 2.88. The van der Waals surface area contributed by atoms with Crippen molar-refractivity contribution in [3.63, 3.8) is 0 Å². The minimum absolute atomic E-state index is 0.240. The first-order valence-electron chi connectivity index (χ1n) is 6.85. The Hall–Kier alpha value is -1.26. The third-order valence-electron chi connectivity index (χ3n) is 3.83. The first kappa shape index (κ1) is 12.8. The molecule has 1 aliphatic rings. The lowest BCUT2D eigenvalue weighted by Gasteiger charge is -2.27. The molecule has 3 rings (SSSR count). The van der Waals surface area contributed by atoms with Crippen molar-refractivity contribution in [3.05, 3.63) is 45.7 Å². The zero-order valence-electron chi connectivity index (χ0n) is 11.4. The molecular formula is C15H19N3S. The van der Waals surface area contributed by atoms with Crippen LogP contribution in [0.2, 0.25) is 0 Å². The van der Waals surface area contributed by atoms with Crippen LogP contribution in [0.5, 0.6) is 0 Å². The van der Waals surface area contributed by atoms with Crippen molar-refractivity contribution < 1.29 is 0 Å². The molecule has 2 heterocycles. The van der Waals surface area contributed by atoms with Gasteiger partial charge in [0.05, 0.1) is 11.4 Å². The smallest absolute Gasteiger partial charge is 0.0782 e. The van der Waals surface area contributed by atoms with Gasteiger partial charge in [-0.05, 0) is 50.1 Å². The molecule has 0 amide bonds. The molecule has 4 heteroatoms. The van der Waals surface area contributed by atoms with Crippen LogP contribution in [-0.4, -0.2) is 9.97 Å². The summed E-state index contributed by atoms with van der Waals surface area (Å²) in [5.41, 5.74) is 3.57. The minimum Gasteiger partial charge on any atom is -0.302 e. The summed E-state index contributed by atoms with van der Waals surface area (Å²) < 4.78 is 0. The highest BCUT2D eigenvalue weighted by Gasteiger charge is 2.23. The molecule has 0 aliphatic heterocycles. The van der Waals surface area contributed by atoms with Gasteiger partial charge in [-0.15, -0.1) is 11.3 Å². The summed E-state index contributed by atoms with van der Waals surface area (Å²) in [7, 11) is 0. The standard InChI is InChI=1S/C15H19N3S/c1-10-15(17-8-7-16-10)11(2)18-13-4-3-5-14-12(13)6-9-19-14/h6-9,11,13,18H,3-5H2,1-2H3. The average Bonchev–Trinajstić information content (AvgIpc) is 2.88. The first-order chi connectivity index (χ1) is 9.25. The molecule has 2 unspecified atom stereocenters. The van der Waals surface area contributed by atoms with E-state index < -0.39 is 0 Å². The fourth-order valence-corrected chi connectivity index (χ4v) is 3.87. The van der Waals surface area contributed by atoms with Gasteiger partial charge in [-0.1, -0.05) is 0 Å². The maximum atomic E-state index is 4.46. The molecular weight excluding hydrogens is 254 g/mol. The molecule has 0 saturated carbocycles. The maximum absolute atomic E-state index is 4.46. The quantitative estimate of drug-likeness (QED) is 0.929. The SMILES string of the molecule is Cc1nccnc1C(C)NC1CCCc2sccc21. The van der Waals surface area contributed by atoms with Crippen molar-refractivity contribution >= 4 is 11.3 Å². The molecule has 0 radical (unpaired) electrons. The normalized spacial score (nSPS) is 20.0. The topological polar surface area (TPSA) is 37.8 Å². The van der Waals surface area contributed by atoms with E-state index in [0.29, 0.717) is 6.04 Å². The Morgan fingerprint density at radius 2 is 2.21 bits per heavy atom. The molecule has 0 spiro atoms. The number of aryl methyl sites for hydroxylation is 2. The monoisotopic (exact) mass is 273 g/mol. The summed E-state index contributed by atoms with van der Waals surface area (Å²) in [4.78, 5) is 10.3. The lowest BCUT2D eigenvalue weighted by atomic mass is 9.93. The Morgan fingerprint density at radius 1 is 1.37 bits per heavy atom. The van der Waals surface area contributed by atoms with Gasteiger partial charge in [0.15, 0.2) is 0 Å². The van der Waals surface area contributed by atoms with E-state index in [0.717, 1.165) is 11.4 Å². The van der Waals surface area contributed by atoms with Gasteiger partial charge < -0.3 is 5.32 Å². The molecule has 19 heavy (non-hydrogen) atoms. The summed E-state index contributed by atoms with van der Waals surface area (Å²) in [6, 6.07) is 2.98. The van der Waals surface area contributed by atoms with Crippen LogP contribution in [0.25, 0.3) is 0 Å². The molecule has 3 nitrogen and oxygen atoms in total. The summed E-state index contributed by atoms with van der Waals surface area (Å²) in [6.45, 7) is 4.20. The molecule has 0 fully saturated rings. The molecule has 1 N–H and O–H groups in total. The maximum Gasteiger partial charge on any atom is 0.0782 e. The number of hydrogen-bond donors (Lipinski definition) is 1. The van der Waals surface area contributed by atoms with Crippen molar-refractivity contribution in [2.75, 3.05) is 0 Å². The van der Waals surface area contributed by atoms with Crippen LogP contribution in [0.3, 0.4) is 0 Å². The van der Waals surface area contributed by atoms with Gasteiger partial charge in [-0.2, -0.15) is 0 Å². The number of fused-ring (bicyclic) bond motifs is 1. The number of nitrogens with zero attached hydrogens (tertiary/aromatic N) is 2. The predicted octanol–water partition coefficient (Wildman–Crippen LogP) is 3.57. The van der Waals surface area contributed by atoms with Crippen molar-refractivity contribution in [3.8, 4) is 0 Å². The van der Waals surface area contributed by atoms with E-state index in [1.807, 2.05) is 18.3 Å². The van der Waals surface area contributed by atoms with Crippen LogP contribution in [0.4, 0.5) is 0 Å². The summed E-state index contributed by atoms with van der Waals surface area (Å²) in [6.07, 6.45) is 7.26. The van der Waals surface area contributed by atoms with E-state index in [1.54, 1.807) is 17.3 Å². The van der Waals surface area contributed by atoms with Gasteiger partial charge in [-0.3, -0.25) is 9.97 Å². The van der Waals surface area contributed by atoms with E-state index in [1.165, 1.54) is 24.8 Å². The first-order valence-corrected chi connectivity index (χ1v) is 7.73. The van der Waals surface area contributed by atoms with Crippen LogP contribution in [0, 0.1) is 6.92 Å². The van der Waals surface area contributed by atoms with Crippen molar-refractivity contribution in [1.29, 1.82) is 0 Å². The predicted molar refractivity (Wildman–Crippen MR) is 78.3 cm³/mol. The molecule has 2 atom stereocenters. The highest BCUT2D eigenvalue weighted by molar-refractivity contribution is 7.10. The summed E-state index contributed by atoms with van der Waals surface area (Å²) in [5, 5.41) is 5.93. The molecule has 0 saturated heterocycles. The summed E-state index contributed by atoms with van der Waals surface area (Å²) >= 11 is 1.89. The third kappa shape index (κ3) is 2.55. The number of rotatable bonds is 3. The van der Waals surface area contributed by atoms with E-state index >= 15 is 0 Å². The van der Waals surface area contributed by atoms with Gasteiger partial charge in [-0.25, -0.2) is 0 Å². The van der Waals surface area contributed by atoms with Gasteiger partial charge in [0.2, 0.25) is 0 Å². The largest absolute Gasteiger partial charge is 0.302 e. The second-order valence-electron chi connectivity index (χ2n) is 5.16. The van der Waals surface area contributed by atoms with Crippen LogP contribution in [-0.2, 0) is 6.42 Å². The van der Waals surface area contributed by atoms with E-state index in [4.69, 9.17) is 0 Å². The van der Waals surface area contributed by atoms with Crippen LogP contribution in [0.15, 0.2) is 23.8 Å². The number of aromatic nitrogens is 2. The van der Waals surface area contributed by atoms with E-state index in [-0.39, 0.29) is 6.04 Å². The Labute approximate surface area is 118 Å². The van der Waals surface area contributed by atoms with Crippen LogP contribution >= 0.6 is 11.3 Å². The Kier molecular flexibility index (Phi) is 3.62. The Balaban J connectivity index is 1.78. The van der Waals surface area contributed by atoms with E-state index in [2.05, 4.69) is 33.7 Å². The number of hydrogen-bond acceptors (Lipinski definition) is 4. The van der Waals surface area contributed by atoms with Gasteiger partial charge >= 0.3 is 0 Å². The highest BCUT2D eigenvalue weighted by Crippen LogP contribution is 2.34. The van der Waals surface area contributed by atoms with Crippen molar-refractivity contribution in [2.45, 2.75) is 45.2 Å². The van der Waals surface area contributed by atoms with Crippen LogP contribution in [0.1, 0.15) is 53.7 Å². The van der Waals surface area contributed by atoms with Crippen molar-refractivity contribution in [2.24, 2.45) is 0 Å². The second-order valence-corrected chi connectivity index (χ2v) is 6.16. The highest BCUT2D eigenvalue weighted by atomic mass is 32.1. The minimum atomic E-state index is 0.240. The number of thiophene rings is 1. The van der Waals surface area contributed by atoms with Crippen molar-refractivity contribution in [1.82, 2.24) is 15.3 Å². The number of nitrogens with one attached hydrogen (secondary N) is 1. The molecule has 2 aromatic heterocycles. The average molecular weight is 273 g/mol. The summed E-state index contributed by atoms with van der Waals surface area (Å²) in [5.74, 6) is 0. The van der Waals surface area contributed by atoms with Gasteiger partial charge in [0.1, 0.15) is 0 Å². The van der Waals surface area contributed by atoms with Gasteiger partial charge in [0.25, 0.3) is 0 Å².